The number of fused-ring (bicyclic) bond motifs is 1. The fraction of sp³-hybridized carbons (Fsp3) is 0.241. The van der Waals surface area contributed by atoms with Gasteiger partial charge in [-0.15, -0.1) is 0 Å². The van der Waals surface area contributed by atoms with Crippen LogP contribution >= 0.6 is 0 Å². The van der Waals surface area contributed by atoms with E-state index in [-0.39, 0.29) is 18.2 Å². The summed E-state index contributed by atoms with van der Waals surface area (Å²) in [5, 5.41) is 9.74. The first kappa shape index (κ1) is 25.0. The van der Waals surface area contributed by atoms with E-state index in [1.807, 2.05) is 36.5 Å². The Morgan fingerprint density at radius 1 is 0.944 bits per heavy atom. The van der Waals surface area contributed by atoms with Gasteiger partial charge in [-0.1, -0.05) is 19.4 Å². The second-order valence-electron chi connectivity index (χ2n) is 8.49. The standard InChI is InChI=1S/C29H28FNO5/c1-2-5-21-18-22(29(34)20-8-11-23(30)12-9-20)10-13-26(21)35-17-4-15-31-16-14-24-25(31)6-3-7-27(24)36-19-28(32)33/h3,6-14,16,18H,2,4-5,15,17,19H2,1H3,(H,32,33). The third kappa shape index (κ3) is 5.92. The molecule has 0 aliphatic heterocycles. The Morgan fingerprint density at radius 3 is 2.47 bits per heavy atom. The lowest BCUT2D eigenvalue weighted by Gasteiger charge is -2.13. The number of ether oxygens (including phenoxy) is 2. The maximum atomic E-state index is 13.2. The molecule has 0 unspecified atom stereocenters. The highest BCUT2D eigenvalue weighted by molar-refractivity contribution is 6.09. The van der Waals surface area contributed by atoms with Crippen molar-refractivity contribution in [2.75, 3.05) is 13.2 Å². The van der Waals surface area contributed by atoms with Crippen LogP contribution < -0.4 is 9.47 Å². The van der Waals surface area contributed by atoms with Crippen LogP contribution in [0.3, 0.4) is 0 Å². The van der Waals surface area contributed by atoms with Crippen LogP contribution in [-0.2, 0) is 17.8 Å². The average molecular weight is 490 g/mol. The number of aryl methyl sites for hydroxylation is 2. The maximum absolute atomic E-state index is 13.2. The van der Waals surface area contributed by atoms with Crippen LogP contribution in [0.15, 0.2) is 72.9 Å². The summed E-state index contributed by atoms with van der Waals surface area (Å²) in [6, 6.07) is 18.5. The van der Waals surface area contributed by atoms with Crippen LogP contribution in [0.4, 0.5) is 4.39 Å². The number of carbonyl (C=O) groups is 2. The summed E-state index contributed by atoms with van der Waals surface area (Å²) in [6.07, 6.45) is 4.40. The molecular weight excluding hydrogens is 461 g/mol. The minimum atomic E-state index is -1.01. The van der Waals surface area contributed by atoms with Crippen molar-refractivity contribution in [3.05, 3.63) is 95.4 Å². The predicted molar refractivity (Wildman–Crippen MR) is 135 cm³/mol. The van der Waals surface area contributed by atoms with Crippen molar-refractivity contribution < 1.29 is 28.6 Å². The van der Waals surface area contributed by atoms with Crippen LogP contribution in [0.5, 0.6) is 11.5 Å². The molecule has 36 heavy (non-hydrogen) atoms. The van der Waals surface area contributed by atoms with E-state index in [9.17, 15) is 14.0 Å². The number of nitrogens with zero attached hydrogens (tertiary/aromatic N) is 1. The summed E-state index contributed by atoms with van der Waals surface area (Å²) < 4.78 is 26.8. The third-order valence-electron chi connectivity index (χ3n) is 5.87. The molecule has 4 rings (SSSR count). The number of carboxylic acid groups (broad SMARTS) is 1. The number of aromatic nitrogens is 1. The van der Waals surface area contributed by atoms with Crippen LogP contribution in [0.25, 0.3) is 10.9 Å². The van der Waals surface area contributed by atoms with Gasteiger partial charge in [0.05, 0.1) is 12.1 Å². The van der Waals surface area contributed by atoms with Gasteiger partial charge in [0.1, 0.15) is 17.3 Å². The number of halogens is 1. The highest BCUT2D eigenvalue weighted by Gasteiger charge is 2.13. The number of aliphatic carboxylic acids is 1. The zero-order chi connectivity index (χ0) is 25.5. The maximum Gasteiger partial charge on any atom is 0.341 e. The normalized spacial score (nSPS) is 10.9. The molecule has 0 aliphatic carbocycles. The molecule has 0 fully saturated rings. The van der Waals surface area contributed by atoms with Crippen LogP contribution in [-0.4, -0.2) is 34.6 Å². The molecule has 0 atom stereocenters. The highest BCUT2D eigenvalue weighted by atomic mass is 19.1. The van der Waals surface area contributed by atoms with Gasteiger partial charge >= 0.3 is 5.97 Å². The zero-order valence-electron chi connectivity index (χ0n) is 20.1. The quantitative estimate of drug-likeness (QED) is 0.198. The van der Waals surface area contributed by atoms with Crippen molar-refractivity contribution in [2.45, 2.75) is 32.7 Å². The molecule has 0 aliphatic rings. The van der Waals surface area contributed by atoms with Crippen molar-refractivity contribution in [3.63, 3.8) is 0 Å². The molecule has 0 saturated heterocycles. The molecule has 4 aromatic rings. The van der Waals surface area contributed by atoms with Crippen molar-refractivity contribution >= 4 is 22.7 Å². The molecule has 1 N–H and O–H groups in total. The molecule has 7 heteroatoms. The van der Waals surface area contributed by atoms with Gasteiger partial charge in [-0.05, 0) is 79.1 Å². The summed E-state index contributed by atoms with van der Waals surface area (Å²) in [5.41, 5.74) is 2.94. The minimum Gasteiger partial charge on any atom is -0.493 e. The molecule has 6 nitrogen and oxygen atoms in total. The number of benzene rings is 3. The van der Waals surface area contributed by atoms with Crippen molar-refractivity contribution in [1.29, 1.82) is 0 Å². The molecule has 186 valence electrons. The summed E-state index contributed by atoms with van der Waals surface area (Å²) >= 11 is 0. The molecule has 1 heterocycles. The monoisotopic (exact) mass is 489 g/mol. The number of carbonyl (C=O) groups excluding carboxylic acids is 1. The first-order valence-corrected chi connectivity index (χ1v) is 11.9. The van der Waals surface area contributed by atoms with E-state index in [1.54, 1.807) is 12.1 Å². The highest BCUT2D eigenvalue weighted by Crippen LogP contribution is 2.27. The first-order chi connectivity index (χ1) is 17.5. The fourth-order valence-electron chi connectivity index (χ4n) is 4.17. The SMILES string of the molecule is CCCc1cc(C(=O)c2ccc(F)cc2)ccc1OCCCn1ccc2c(OCC(=O)O)cccc21. The van der Waals surface area contributed by atoms with E-state index in [0.717, 1.165) is 48.0 Å². The van der Waals surface area contributed by atoms with E-state index in [0.29, 0.717) is 23.5 Å². The van der Waals surface area contributed by atoms with Gasteiger partial charge in [-0.25, -0.2) is 9.18 Å². The average Bonchev–Trinajstić information content (AvgIpc) is 3.30. The second-order valence-corrected chi connectivity index (χ2v) is 8.49. The zero-order valence-corrected chi connectivity index (χ0v) is 20.1. The minimum absolute atomic E-state index is 0.148. The summed E-state index contributed by atoms with van der Waals surface area (Å²) in [4.78, 5) is 23.6. The third-order valence-corrected chi connectivity index (χ3v) is 5.87. The molecule has 0 saturated carbocycles. The summed E-state index contributed by atoms with van der Waals surface area (Å²) in [6.45, 7) is 2.91. The first-order valence-electron chi connectivity index (χ1n) is 11.9. The lowest BCUT2D eigenvalue weighted by Crippen LogP contribution is -2.09. The van der Waals surface area contributed by atoms with E-state index in [4.69, 9.17) is 14.6 Å². The summed E-state index contributed by atoms with van der Waals surface area (Å²) in [5.74, 6) is -0.232. The predicted octanol–water partition coefficient (Wildman–Crippen LogP) is 5.90. The Hall–Kier alpha value is -4.13. The fourth-order valence-corrected chi connectivity index (χ4v) is 4.17. The summed E-state index contributed by atoms with van der Waals surface area (Å²) in [7, 11) is 0. The Kier molecular flexibility index (Phi) is 8.00. The number of rotatable bonds is 12. The van der Waals surface area contributed by atoms with Crippen LogP contribution in [0.1, 0.15) is 41.3 Å². The van der Waals surface area contributed by atoms with Crippen LogP contribution in [0.2, 0.25) is 0 Å². The van der Waals surface area contributed by atoms with Crippen molar-refractivity contribution in [3.8, 4) is 11.5 Å². The Morgan fingerprint density at radius 2 is 1.72 bits per heavy atom. The second kappa shape index (κ2) is 11.5. The van der Waals surface area contributed by atoms with Crippen molar-refractivity contribution in [2.24, 2.45) is 0 Å². The molecule has 0 radical (unpaired) electrons. The number of carboxylic acids is 1. The van der Waals surface area contributed by atoms with Gasteiger partial charge in [0.2, 0.25) is 0 Å². The van der Waals surface area contributed by atoms with E-state index < -0.39 is 5.97 Å². The Bertz CT molecular complexity index is 1360. The van der Waals surface area contributed by atoms with Gasteiger partial charge < -0.3 is 19.1 Å². The van der Waals surface area contributed by atoms with Gasteiger partial charge in [-0.3, -0.25) is 4.79 Å². The van der Waals surface area contributed by atoms with Gasteiger partial charge in [-0.2, -0.15) is 0 Å². The van der Waals surface area contributed by atoms with E-state index >= 15 is 0 Å². The Labute approximate surface area is 208 Å². The molecule has 3 aromatic carbocycles. The molecule has 0 amide bonds. The lowest BCUT2D eigenvalue weighted by molar-refractivity contribution is -0.139. The Balaban J connectivity index is 1.39. The van der Waals surface area contributed by atoms with E-state index in [1.165, 1.54) is 24.3 Å². The van der Waals surface area contributed by atoms with Crippen molar-refractivity contribution in [1.82, 2.24) is 4.57 Å². The number of hydrogen-bond acceptors (Lipinski definition) is 4. The number of hydrogen-bond donors (Lipinski definition) is 1. The van der Waals surface area contributed by atoms with Crippen LogP contribution in [0, 0.1) is 5.82 Å². The van der Waals surface area contributed by atoms with Gasteiger partial charge in [0.25, 0.3) is 0 Å². The molecule has 0 spiro atoms. The van der Waals surface area contributed by atoms with Gasteiger partial charge in [0.15, 0.2) is 12.4 Å². The van der Waals surface area contributed by atoms with Gasteiger partial charge in [0, 0.05) is 29.3 Å². The molecule has 1 aromatic heterocycles. The molecular formula is C29H28FNO5. The molecule has 0 bridgehead atoms. The lowest BCUT2D eigenvalue weighted by atomic mass is 9.99. The number of ketones is 1. The topological polar surface area (TPSA) is 77.8 Å². The van der Waals surface area contributed by atoms with E-state index in [2.05, 4.69) is 11.5 Å². The smallest absolute Gasteiger partial charge is 0.341 e. The largest absolute Gasteiger partial charge is 0.493 e.